The van der Waals surface area contributed by atoms with Gasteiger partial charge in [0.25, 0.3) is 0 Å². The van der Waals surface area contributed by atoms with Crippen LogP contribution in [-0.2, 0) is 22.5 Å². The lowest BCUT2D eigenvalue weighted by Gasteiger charge is -2.15. The summed E-state index contributed by atoms with van der Waals surface area (Å²) in [6.07, 6.45) is 4.56. The zero-order chi connectivity index (χ0) is 14.4. The summed E-state index contributed by atoms with van der Waals surface area (Å²) < 4.78 is 4.63. The van der Waals surface area contributed by atoms with E-state index in [4.69, 9.17) is 0 Å². The molecule has 6 heteroatoms. The SMILES string of the molecule is COC(=O)CCc1csc(N(C)Cc2ccncc2)n1. The molecule has 0 saturated carbocycles. The predicted molar refractivity (Wildman–Crippen MR) is 78.8 cm³/mol. The van der Waals surface area contributed by atoms with Gasteiger partial charge in [-0.2, -0.15) is 0 Å². The number of esters is 1. The van der Waals surface area contributed by atoms with E-state index in [1.807, 2.05) is 24.6 Å². The smallest absolute Gasteiger partial charge is 0.305 e. The van der Waals surface area contributed by atoms with Crippen LogP contribution in [0.5, 0.6) is 0 Å². The summed E-state index contributed by atoms with van der Waals surface area (Å²) in [5.74, 6) is -0.204. The van der Waals surface area contributed by atoms with Crippen molar-refractivity contribution in [1.29, 1.82) is 0 Å². The molecule has 0 N–H and O–H groups in total. The molecule has 0 aliphatic carbocycles. The molecule has 2 rings (SSSR count). The van der Waals surface area contributed by atoms with Gasteiger partial charge < -0.3 is 9.64 Å². The molecule has 0 aliphatic heterocycles. The first-order valence-electron chi connectivity index (χ1n) is 6.30. The van der Waals surface area contributed by atoms with Crippen molar-refractivity contribution in [3.63, 3.8) is 0 Å². The Morgan fingerprint density at radius 3 is 2.85 bits per heavy atom. The number of hydrogen-bond acceptors (Lipinski definition) is 6. The summed E-state index contributed by atoms with van der Waals surface area (Å²) in [4.78, 5) is 21.7. The highest BCUT2D eigenvalue weighted by Gasteiger charge is 2.09. The molecule has 0 unspecified atom stereocenters. The van der Waals surface area contributed by atoms with Crippen LogP contribution in [0.4, 0.5) is 5.13 Å². The van der Waals surface area contributed by atoms with Crippen molar-refractivity contribution < 1.29 is 9.53 Å². The fourth-order valence-electron chi connectivity index (χ4n) is 1.75. The minimum Gasteiger partial charge on any atom is -0.469 e. The first-order valence-corrected chi connectivity index (χ1v) is 7.18. The molecule has 0 amide bonds. The van der Waals surface area contributed by atoms with Crippen molar-refractivity contribution in [1.82, 2.24) is 9.97 Å². The number of carbonyl (C=O) groups is 1. The molecule has 0 bridgehead atoms. The third kappa shape index (κ3) is 4.03. The maximum Gasteiger partial charge on any atom is 0.305 e. The number of rotatable bonds is 6. The van der Waals surface area contributed by atoms with Crippen LogP contribution >= 0.6 is 11.3 Å². The van der Waals surface area contributed by atoms with E-state index in [1.165, 1.54) is 12.7 Å². The summed E-state index contributed by atoms with van der Waals surface area (Å²) in [6.45, 7) is 0.784. The molecule has 0 radical (unpaired) electrons. The molecule has 0 aliphatic rings. The molecule has 106 valence electrons. The van der Waals surface area contributed by atoms with Crippen LogP contribution in [0.2, 0.25) is 0 Å². The highest BCUT2D eigenvalue weighted by Crippen LogP contribution is 2.21. The van der Waals surface area contributed by atoms with E-state index in [1.54, 1.807) is 23.7 Å². The molecular weight excluding hydrogens is 274 g/mol. The van der Waals surface area contributed by atoms with E-state index in [0.717, 1.165) is 17.4 Å². The van der Waals surface area contributed by atoms with Crippen molar-refractivity contribution in [3.8, 4) is 0 Å². The number of methoxy groups -OCH3 is 1. The fraction of sp³-hybridized carbons (Fsp3) is 0.357. The highest BCUT2D eigenvalue weighted by atomic mass is 32.1. The van der Waals surface area contributed by atoms with Crippen molar-refractivity contribution in [2.75, 3.05) is 19.1 Å². The summed E-state index contributed by atoms with van der Waals surface area (Å²) in [5.41, 5.74) is 2.12. The maximum absolute atomic E-state index is 11.1. The van der Waals surface area contributed by atoms with E-state index in [2.05, 4.69) is 19.6 Å². The molecule has 0 spiro atoms. The fourth-order valence-corrected chi connectivity index (χ4v) is 2.57. The Bertz CT molecular complexity index is 557. The molecule has 2 heterocycles. The normalized spacial score (nSPS) is 10.3. The van der Waals surface area contributed by atoms with E-state index in [9.17, 15) is 4.79 Å². The first kappa shape index (κ1) is 14.5. The summed E-state index contributed by atoms with van der Waals surface area (Å²) in [6, 6.07) is 3.98. The third-order valence-electron chi connectivity index (χ3n) is 2.85. The van der Waals surface area contributed by atoms with Crippen LogP contribution in [-0.4, -0.2) is 30.1 Å². The Morgan fingerprint density at radius 2 is 2.15 bits per heavy atom. The van der Waals surface area contributed by atoms with E-state index >= 15 is 0 Å². The molecular formula is C14H17N3O2S. The summed E-state index contributed by atoms with van der Waals surface area (Å²) in [5, 5.41) is 2.93. The number of ether oxygens (including phenoxy) is 1. The van der Waals surface area contributed by atoms with Gasteiger partial charge in [-0.15, -0.1) is 11.3 Å². The zero-order valence-electron chi connectivity index (χ0n) is 11.6. The third-order valence-corrected chi connectivity index (χ3v) is 3.85. The standard InChI is InChI=1S/C14H17N3O2S/c1-17(9-11-5-7-15-8-6-11)14-16-12(10-20-14)3-4-13(18)19-2/h5-8,10H,3-4,9H2,1-2H3. The molecule has 0 fully saturated rings. The zero-order valence-corrected chi connectivity index (χ0v) is 12.4. The van der Waals surface area contributed by atoms with Gasteiger partial charge in [-0.3, -0.25) is 9.78 Å². The van der Waals surface area contributed by atoms with Gasteiger partial charge in [0.05, 0.1) is 19.2 Å². The lowest BCUT2D eigenvalue weighted by atomic mass is 10.2. The lowest BCUT2D eigenvalue weighted by Crippen LogP contribution is -2.16. The van der Waals surface area contributed by atoms with Crippen LogP contribution in [0.25, 0.3) is 0 Å². The van der Waals surface area contributed by atoms with Crippen LogP contribution in [0.15, 0.2) is 29.9 Å². The Morgan fingerprint density at radius 1 is 1.40 bits per heavy atom. The van der Waals surface area contributed by atoms with Gasteiger partial charge in [-0.1, -0.05) is 0 Å². The van der Waals surface area contributed by atoms with E-state index < -0.39 is 0 Å². The Labute approximate surface area is 122 Å². The minimum atomic E-state index is -0.204. The van der Waals surface area contributed by atoms with Crippen molar-refractivity contribution in [2.45, 2.75) is 19.4 Å². The second-order valence-electron chi connectivity index (χ2n) is 4.41. The molecule has 2 aromatic rings. The Balaban J connectivity index is 1.92. The molecule has 0 atom stereocenters. The lowest BCUT2D eigenvalue weighted by molar-refractivity contribution is -0.140. The van der Waals surface area contributed by atoms with Crippen LogP contribution in [0, 0.1) is 0 Å². The summed E-state index contributed by atoms with van der Waals surface area (Å²) in [7, 11) is 3.40. The first-order chi connectivity index (χ1) is 9.69. The van der Waals surface area contributed by atoms with Crippen molar-refractivity contribution in [2.24, 2.45) is 0 Å². The predicted octanol–water partition coefficient (Wildman–Crippen LogP) is 2.28. The van der Waals surface area contributed by atoms with Crippen LogP contribution < -0.4 is 4.90 Å². The van der Waals surface area contributed by atoms with Crippen LogP contribution in [0.1, 0.15) is 17.7 Å². The second kappa shape index (κ2) is 7.00. The largest absolute Gasteiger partial charge is 0.469 e. The topological polar surface area (TPSA) is 55.3 Å². The maximum atomic E-state index is 11.1. The van der Waals surface area contributed by atoms with Crippen molar-refractivity contribution >= 4 is 22.4 Å². The average molecular weight is 291 g/mol. The van der Waals surface area contributed by atoms with Gasteiger partial charge in [0, 0.05) is 37.8 Å². The Hall–Kier alpha value is -1.95. The van der Waals surface area contributed by atoms with E-state index in [-0.39, 0.29) is 5.97 Å². The molecule has 2 aromatic heterocycles. The number of aryl methyl sites for hydroxylation is 1. The van der Waals surface area contributed by atoms with Gasteiger partial charge in [0.15, 0.2) is 5.13 Å². The Kier molecular flexibility index (Phi) is 5.06. The quantitative estimate of drug-likeness (QED) is 0.764. The second-order valence-corrected chi connectivity index (χ2v) is 5.25. The number of carbonyl (C=O) groups excluding carboxylic acids is 1. The van der Waals surface area contributed by atoms with Crippen molar-refractivity contribution in [3.05, 3.63) is 41.2 Å². The number of pyridine rings is 1. The van der Waals surface area contributed by atoms with Gasteiger partial charge in [0.1, 0.15) is 0 Å². The number of hydrogen-bond donors (Lipinski definition) is 0. The number of anilines is 1. The number of nitrogens with zero attached hydrogens (tertiary/aromatic N) is 3. The monoisotopic (exact) mass is 291 g/mol. The van der Waals surface area contributed by atoms with E-state index in [0.29, 0.717) is 12.8 Å². The number of thiazole rings is 1. The summed E-state index contributed by atoms with van der Waals surface area (Å²) >= 11 is 1.58. The molecule has 0 aromatic carbocycles. The van der Waals surface area contributed by atoms with Gasteiger partial charge in [0.2, 0.25) is 0 Å². The van der Waals surface area contributed by atoms with Gasteiger partial charge in [-0.05, 0) is 17.7 Å². The molecule has 5 nitrogen and oxygen atoms in total. The highest BCUT2D eigenvalue weighted by molar-refractivity contribution is 7.13. The van der Waals surface area contributed by atoms with Gasteiger partial charge in [-0.25, -0.2) is 4.98 Å². The minimum absolute atomic E-state index is 0.204. The van der Waals surface area contributed by atoms with Gasteiger partial charge >= 0.3 is 5.97 Å². The van der Waals surface area contributed by atoms with Crippen LogP contribution in [0.3, 0.4) is 0 Å². The average Bonchev–Trinajstić information content (AvgIpc) is 2.95. The molecule has 0 saturated heterocycles. The molecule has 20 heavy (non-hydrogen) atoms. The number of aromatic nitrogens is 2.